The monoisotopic (exact) mass is 336 g/mol. The van der Waals surface area contributed by atoms with Gasteiger partial charge in [-0.05, 0) is 41.5 Å². The molecule has 25 heavy (non-hydrogen) atoms. The molecular formula is C19H16N2O4. The number of nitriles is 1. The number of rotatable bonds is 6. The number of carboxylic acid groups (broad SMARTS) is 1. The van der Waals surface area contributed by atoms with Gasteiger partial charge < -0.3 is 15.2 Å². The van der Waals surface area contributed by atoms with E-state index in [1.807, 2.05) is 6.07 Å². The molecule has 0 fully saturated rings. The van der Waals surface area contributed by atoms with Gasteiger partial charge >= 0.3 is 5.97 Å². The molecule has 6 heteroatoms. The lowest BCUT2D eigenvalue weighted by molar-refractivity contribution is -0.116. The summed E-state index contributed by atoms with van der Waals surface area (Å²) in [6.07, 6.45) is 1.49. The number of nitrogens with zero attached hydrogens (tertiary/aromatic N) is 1. The van der Waals surface area contributed by atoms with Crippen LogP contribution in [-0.4, -0.2) is 24.0 Å². The maximum atomic E-state index is 11.5. The number of amides is 1. The third-order valence-corrected chi connectivity index (χ3v) is 3.36. The smallest absolute Gasteiger partial charge is 0.335 e. The first-order valence-corrected chi connectivity index (χ1v) is 7.42. The summed E-state index contributed by atoms with van der Waals surface area (Å²) in [5, 5.41) is 20.3. The first-order valence-electron chi connectivity index (χ1n) is 7.42. The number of ether oxygens (including phenoxy) is 1. The van der Waals surface area contributed by atoms with Gasteiger partial charge in [0.1, 0.15) is 24.0 Å². The van der Waals surface area contributed by atoms with Gasteiger partial charge in [0, 0.05) is 7.05 Å². The summed E-state index contributed by atoms with van der Waals surface area (Å²) in [7, 11) is 1.46. The molecule has 0 atom stereocenters. The molecule has 0 aliphatic heterocycles. The second-order valence-electron chi connectivity index (χ2n) is 5.11. The predicted octanol–water partition coefficient (Wildman–Crippen LogP) is 2.62. The van der Waals surface area contributed by atoms with Crippen LogP contribution in [0.2, 0.25) is 0 Å². The Kier molecular flexibility index (Phi) is 5.91. The maximum absolute atomic E-state index is 11.5. The molecule has 2 aromatic rings. The molecular weight excluding hydrogens is 320 g/mol. The van der Waals surface area contributed by atoms with E-state index in [0.717, 1.165) is 5.56 Å². The van der Waals surface area contributed by atoms with Crippen molar-refractivity contribution in [1.82, 2.24) is 5.32 Å². The number of carbonyl (C=O) groups excluding carboxylic acids is 1. The Morgan fingerprint density at radius 1 is 1.24 bits per heavy atom. The lowest BCUT2D eigenvalue weighted by Gasteiger charge is -2.07. The third-order valence-electron chi connectivity index (χ3n) is 3.36. The third kappa shape index (κ3) is 4.94. The number of carbonyl (C=O) groups is 2. The molecule has 2 rings (SSSR count). The fraction of sp³-hybridized carbons (Fsp3) is 0.105. The Balaban J connectivity index is 2.05. The lowest BCUT2D eigenvalue weighted by atomic mass is 10.1. The van der Waals surface area contributed by atoms with Gasteiger partial charge in [-0.15, -0.1) is 0 Å². The zero-order valence-corrected chi connectivity index (χ0v) is 13.5. The molecule has 0 spiro atoms. The van der Waals surface area contributed by atoms with Crippen molar-refractivity contribution in [2.45, 2.75) is 6.61 Å². The van der Waals surface area contributed by atoms with Gasteiger partial charge in [-0.2, -0.15) is 5.26 Å². The highest BCUT2D eigenvalue weighted by Crippen LogP contribution is 2.16. The molecule has 126 valence electrons. The Labute approximate surface area is 145 Å². The van der Waals surface area contributed by atoms with Crippen molar-refractivity contribution in [3.05, 3.63) is 70.8 Å². The van der Waals surface area contributed by atoms with Gasteiger partial charge in [-0.25, -0.2) is 4.79 Å². The van der Waals surface area contributed by atoms with Crippen LogP contribution in [0.3, 0.4) is 0 Å². The van der Waals surface area contributed by atoms with Gasteiger partial charge in [-0.3, -0.25) is 4.79 Å². The van der Waals surface area contributed by atoms with Crippen molar-refractivity contribution in [2.24, 2.45) is 0 Å². The molecule has 0 aromatic heterocycles. The second kappa shape index (κ2) is 8.31. The van der Waals surface area contributed by atoms with Crippen LogP contribution in [0.1, 0.15) is 21.5 Å². The zero-order valence-electron chi connectivity index (χ0n) is 13.5. The summed E-state index contributed by atoms with van der Waals surface area (Å²) < 4.78 is 5.62. The summed E-state index contributed by atoms with van der Waals surface area (Å²) in [6.45, 7) is 0.234. The Hall–Kier alpha value is -3.59. The van der Waals surface area contributed by atoms with Crippen LogP contribution in [0.15, 0.2) is 54.1 Å². The minimum Gasteiger partial charge on any atom is -0.489 e. The SMILES string of the molecule is CNC(=O)/C(C#N)=C\c1ccc(OCc2cccc(C(=O)O)c2)cc1. The fourth-order valence-corrected chi connectivity index (χ4v) is 2.07. The van der Waals surface area contributed by atoms with E-state index in [1.54, 1.807) is 42.5 Å². The van der Waals surface area contributed by atoms with Crippen molar-refractivity contribution in [2.75, 3.05) is 7.05 Å². The lowest BCUT2D eigenvalue weighted by Crippen LogP contribution is -2.19. The minimum absolute atomic E-state index is 0.0154. The zero-order chi connectivity index (χ0) is 18.2. The van der Waals surface area contributed by atoms with E-state index >= 15 is 0 Å². The van der Waals surface area contributed by atoms with Gasteiger partial charge in [0.15, 0.2) is 0 Å². The highest BCUT2D eigenvalue weighted by Gasteiger charge is 2.06. The number of likely N-dealkylation sites (N-methyl/N-ethyl adjacent to an activating group) is 1. The molecule has 0 radical (unpaired) electrons. The Morgan fingerprint density at radius 2 is 1.96 bits per heavy atom. The van der Waals surface area contributed by atoms with E-state index < -0.39 is 11.9 Å². The van der Waals surface area contributed by atoms with E-state index in [1.165, 1.54) is 19.2 Å². The summed E-state index contributed by atoms with van der Waals surface area (Å²) in [5.41, 5.74) is 1.66. The number of benzene rings is 2. The highest BCUT2D eigenvalue weighted by atomic mass is 16.5. The minimum atomic E-state index is -0.984. The van der Waals surface area contributed by atoms with Crippen LogP contribution in [-0.2, 0) is 11.4 Å². The molecule has 0 heterocycles. The molecule has 0 saturated heterocycles. The predicted molar refractivity (Wildman–Crippen MR) is 91.8 cm³/mol. The molecule has 6 nitrogen and oxygen atoms in total. The quantitative estimate of drug-likeness (QED) is 0.624. The van der Waals surface area contributed by atoms with Crippen molar-refractivity contribution < 1.29 is 19.4 Å². The number of hydrogen-bond donors (Lipinski definition) is 2. The topological polar surface area (TPSA) is 99.4 Å². The normalized spacial score (nSPS) is 10.6. The van der Waals surface area contributed by atoms with Crippen LogP contribution < -0.4 is 10.1 Å². The molecule has 0 unspecified atom stereocenters. The van der Waals surface area contributed by atoms with Crippen molar-refractivity contribution >= 4 is 18.0 Å². The number of hydrogen-bond acceptors (Lipinski definition) is 4. The molecule has 0 aliphatic rings. The maximum Gasteiger partial charge on any atom is 0.335 e. The van der Waals surface area contributed by atoms with Crippen LogP contribution in [0.4, 0.5) is 0 Å². The van der Waals surface area contributed by atoms with Crippen molar-refractivity contribution in [1.29, 1.82) is 5.26 Å². The summed E-state index contributed by atoms with van der Waals surface area (Å²) in [6, 6.07) is 15.3. The Bertz CT molecular complexity index is 848. The van der Waals surface area contributed by atoms with E-state index in [-0.39, 0.29) is 17.7 Å². The molecule has 0 bridgehead atoms. The van der Waals surface area contributed by atoms with Crippen LogP contribution in [0, 0.1) is 11.3 Å². The van der Waals surface area contributed by atoms with Gasteiger partial charge in [-0.1, -0.05) is 24.3 Å². The molecule has 1 amide bonds. The number of aromatic carboxylic acids is 1. The van der Waals surface area contributed by atoms with E-state index in [4.69, 9.17) is 15.1 Å². The van der Waals surface area contributed by atoms with Crippen molar-refractivity contribution in [3.8, 4) is 11.8 Å². The molecule has 2 N–H and O–H groups in total. The van der Waals surface area contributed by atoms with E-state index in [2.05, 4.69) is 5.32 Å². The van der Waals surface area contributed by atoms with Gasteiger partial charge in [0.2, 0.25) is 0 Å². The highest BCUT2D eigenvalue weighted by molar-refractivity contribution is 6.01. The first kappa shape index (κ1) is 17.8. The van der Waals surface area contributed by atoms with Crippen LogP contribution >= 0.6 is 0 Å². The average Bonchev–Trinajstić information content (AvgIpc) is 2.65. The summed E-state index contributed by atoms with van der Waals surface area (Å²) in [4.78, 5) is 22.4. The number of carboxylic acids is 1. The van der Waals surface area contributed by atoms with Crippen LogP contribution in [0.25, 0.3) is 6.08 Å². The second-order valence-corrected chi connectivity index (χ2v) is 5.11. The first-order chi connectivity index (χ1) is 12.0. The standard InChI is InChI=1S/C19H16N2O4/c1-21-18(22)16(11-20)9-13-5-7-17(8-6-13)25-12-14-3-2-4-15(10-14)19(23)24/h2-10H,12H2,1H3,(H,21,22)(H,23,24)/b16-9-. The van der Waals surface area contributed by atoms with Crippen molar-refractivity contribution in [3.63, 3.8) is 0 Å². The fourth-order valence-electron chi connectivity index (χ4n) is 2.07. The Morgan fingerprint density at radius 3 is 2.56 bits per heavy atom. The van der Waals surface area contributed by atoms with Gasteiger partial charge in [0.05, 0.1) is 5.56 Å². The summed E-state index contributed by atoms with van der Waals surface area (Å²) >= 11 is 0. The molecule has 0 aliphatic carbocycles. The molecule has 2 aromatic carbocycles. The van der Waals surface area contributed by atoms with E-state index in [9.17, 15) is 9.59 Å². The average molecular weight is 336 g/mol. The molecule has 0 saturated carbocycles. The van der Waals surface area contributed by atoms with E-state index in [0.29, 0.717) is 11.3 Å². The largest absolute Gasteiger partial charge is 0.489 e. The summed E-state index contributed by atoms with van der Waals surface area (Å²) in [5.74, 6) is -0.833. The number of nitrogens with one attached hydrogen (secondary N) is 1. The van der Waals surface area contributed by atoms with Gasteiger partial charge in [0.25, 0.3) is 5.91 Å². The van der Waals surface area contributed by atoms with Crippen LogP contribution in [0.5, 0.6) is 5.75 Å².